The molecule has 1 amide bonds. The van der Waals surface area contributed by atoms with Gasteiger partial charge >= 0.3 is 0 Å². The van der Waals surface area contributed by atoms with Gasteiger partial charge in [0.25, 0.3) is 18.8 Å². The first-order valence-electron chi connectivity index (χ1n) is 6.42. The summed E-state index contributed by atoms with van der Waals surface area (Å²) in [5.41, 5.74) is -4.15. The summed E-state index contributed by atoms with van der Waals surface area (Å²) >= 11 is 11.4. The molecule has 0 bridgehead atoms. The highest BCUT2D eigenvalue weighted by Crippen LogP contribution is 2.33. The molecule has 0 unspecified atom stereocenters. The number of alkyl halides is 4. The fourth-order valence-electron chi connectivity index (χ4n) is 1.93. The minimum atomic E-state index is -3.49. The summed E-state index contributed by atoms with van der Waals surface area (Å²) in [5, 5.41) is 13.2. The minimum Gasteiger partial charge on any atom is -0.484 e. The fourth-order valence-corrected chi connectivity index (χ4v) is 2.21. The third-order valence-electron chi connectivity index (χ3n) is 3.13. The van der Waals surface area contributed by atoms with Crippen molar-refractivity contribution in [2.45, 2.75) is 25.0 Å². The van der Waals surface area contributed by atoms with E-state index >= 15 is 0 Å². The van der Waals surface area contributed by atoms with Crippen LogP contribution in [-0.4, -0.2) is 46.9 Å². The Hall–Kier alpha value is -1.58. The molecule has 1 atom stereocenters. The van der Waals surface area contributed by atoms with Crippen LogP contribution in [0.3, 0.4) is 0 Å². The molecule has 0 saturated carbocycles. The van der Waals surface area contributed by atoms with Crippen molar-refractivity contribution in [1.29, 1.82) is 0 Å². The van der Waals surface area contributed by atoms with Crippen molar-refractivity contribution in [2.75, 3.05) is 6.61 Å². The number of carbonyl (C=O) groups is 1. The first-order valence-corrected chi connectivity index (χ1v) is 7.17. The summed E-state index contributed by atoms with van der Waals surface area (Å²) in [6.45, 7) is -0.826. The molecule has 1 N–H and O–H groups in total. The number of nitrogens with zero attached hydrogens (tertiary/aromatic N) is 2. The molecule has 0 saturated heterocycles. The molecule has 0 aliphatic carbocycles. The number of halogens is 6. The highest BCUT2D eigenvalue weighted by molar-refractivity contribution is 6.42. The zero-order valence-electron chi connectivity index (χ0n) is 11.7. The van der Waals surface area contributed by atoms with E-state index in [2.05, 4.69) is 5.10 Å². The fraction of sp³-hybridized carbons (Fsp3) is 0.385. The van der Waals surface area contributed by atoms with Gasteiger partial charge in [-0.15, -0.1) is 0 Å². The van der Waals surface area contributed by atoms with Gasteiger partial charge in [0.15, 0.2) is 6.61 Å². The summed E-state index contributed by atoms with van der Waals surface area (Å²) in [7, 11) is 0. The topological polar surface area (TPSA) is 62.1 Å². The van der Waals surface area contributed by atoms with Gasteiger partial charge in [0, 0.05) is 12.5 Å². The summed E-state index contributed by atoms with van der Waals surface area (Å²) in [5.74, 6) is -1.13. The maximum atomic E-state index is 13.0. The molecule has 1 aromatic rings. The van der Waals surface area contributed by atoms with Gasteiger partial charge in [-0.25, -0.2) is 17.6 Å². The van der Waals surface area contributed by atoms with Gasteiger partial charge in [-0.1, -0.05) is 23.2 Å². The van der Waals surface area contributed by atoms with Gasteiger partial charge in [0.05, 0.1) is 10.0 Å². The molecule has 0 aromatic heterocycles. The standard InChI is InChI=1S/C13H10Cl2F4N2O3/c14-7-2-1-6(3-8(7)15)24-5-10(22)21-13(23,12(18)19)4-9(20-21)11(16)17/h1-3,11-12,23H,4-5H2/t13-/m0/s1. The van der Waals surface area contributed by atoms with Crippen LogP contribution >= 0.6 is 23.2 Å². The number of carbonyl (C=O) groups excluding carboxylic acids is 1. The molecule has 24 heavy (non-hydrogen) atoms. The number of hydrogen-bond acceptors (Lipinski definition) is 4. The zero-order valence-corrected chi connectivity index (χ0v) is 13.2. The first kappa shape index (κ1) is 18.8. The molecule has 2 rings (SSSR count). The molecule has 11 heteroatoms. The van der Waals surface area contributed by atoms with Gasteiger partial charge in [-0.3, -0.25) is 4.79 Å². The van der Waals surface area contributed by atoms with E-state index in [9.17, 15) is 27.5 Å². The van der Waals surface area contributed by atoms with E-state index in [-0.39, 0.29) is 20.8 Å². The summed E-state index contributed by atoms with van der Waals surface area (Å²) < 4.78 is 56.3. The number of aliphatic hydroxyl groups is 1. The van der Waals surface area contributed by atoms with Crippen LogP contribution in [0.4, 0.5) is 17.6 Å². The van der Waals surface area contributed by atoms with E-state index in [4.69, 9.17) is 27.9 Å². The Kier molecular flexibility index (Phi) is 5.56. The van der Waals surface area contributed by atoms with E-state index in [0.29, 0.717) is 0 Å². The molecular formula is C13H10Cl2F4N2O3. The molecule has 1 aromatic carbocycles. The Bertz CT molecular complexity index is 675. The van der Waals surface area contributed by atoms with E-state index < -0.39 is 43.2 Å². The Labute approximate surface area is 143 Å². The number of amides is 1. The predicted molar refractivity (Wildman–Crippen MR) is 77.8 cm³/mol. The lowest BCUT2D eigenvalue weighted by Gasteiger charge is -2.29. The predicted octanol–water partition coefficient (Wildman–Crippen LogP) is 3.18. The second-order valence-electron chi connectivity index (χ2n) is 4.82. The van der Waals surface area contributed by atoms with Crippen LogP contribution in [0.1, 0.15) is 6.42 Å². The molecule has 1 aliphatic rings. The average Bonchev–Trinajstić information content (AvgIpc) is 2.88. The Morgan fingerprint density at radius 2 is 2.00 bits per heavy atom. The highest BCUT2D eigenvalue weighted by Gasteiger charge is 2.53. The maximum absolute atomic E-state index is 13.0. The smallest absolute Gasteiger partial charge is 0.287 e. The van der Waals surface area contributed by atoms with E-state index in [1.165, 1.54) is 18.2 Å². The number of hydrazone groups is 1. The van der Waals surface area contributed by atoms with Crippen LogP contribution in [0.25, 0.3) is 0 Å². The van der Waals surface area contributed by atoms with Crippen LogP contribution in [0.15, 0.2) is 23.3 Å². The van der Waals surface area contributed by atoms with Crippen molar-refractivity contribution >= 4 is 34.8 Å². The molecule has 132 valence electrons. The van der Waals surface area contributed by atoms with E-state index in [0.717, 1.165) is 0 Å². The van der Waals surface area contributed by atoms with Crippen molar-refractivity contribution in [3.8, 4) is 5.75 Å². The SMILES string of the molecule is O=C(COc1ccc(Cl)c(Cl)c1)N1N=C(C(F)F)C[C@]1(O)C(F)F. The number of ether oxygens (including phenoxy) is 1. The summed E-state index contributed by atoms with van der Waals surface area (Å²) in [4.78, 5) is 12.0. The van der Waals surface area contributed by atoms with Gasteiger partial charge in [0.2, 0.25) is 5.72 Å². The largest absolute Gasteiger partial charge is 0.484 e. The molecule has 0 fully saturated rings. The Morgan fingerprint density at radius 3 is 2.54 bits per heavy atom. The van der Waals surface area contributed by atoms with Crippen molar-refractivity contribution < 1.29 is 32.2 Å². The zero-order chi connectivity index (χ0) is 18.1. The van der Waals surface area contributed by atoms with Crippen LogP contribution < -0.4 is 4.74 Å². The van der Waals surface area contributed by atoms with Crippen LogP contribution in [-0.2, 0) is 4.79 Å². The third-order valence-corrected chi connectivity index (χ3v) is 3.87. The summed E-state index contributed by atoms with van der Waals surface area (Å²) in [6, 6.07) is 4.01. The third kappa shape index (κ3) is 3.73. The van der Waals surface area contributed by atoms with Crippen LogP contribution in [0, 0.1) is 0 Å². The van der Waals surface area contributed by atoms with Crippen molar-refractivity contribution in [2.24, 2.45) is 5.10 Å². The van der Waals surface area contributed by atoms with Crippen LogP contribution in [0.5, 0.6) is 5.75 Å². The second kappa shape index (κ2) is 7.12. The average molecular weight is 389 g/mol. The monoisotopic (exact) mass is 388 g/mol. The van der Waals surface area contributed by atoms with Gasteiger partial charge in [0.1, 0.15) is 11.5 Å². The number of benzene rings is 1. The normalized spacial score (nSPS) is 20.7. The van der Waals surface area contributed by atoms with Gasteiger partial charge < -0.3 is 9.84 Å². The maximum Gasteiger partial charge on any atom is 0.287 e. The lowest BCUT2D eigenvalue weighted by molar-refractivity contribution is -0.193. The summed E-state index contributed by atoms with van der Waals surface area (Å²) in [6.07, 6.45) is -7.82. The molecule has 5 nitrogen and oxygen atoms in total. The van der Waals surface area contributed by atoms with Crippen molar-refractivity contribution in [3.05, 3.63) is 28.2 Å². The highest BCUT2D eigenvalue weighted by atomic mass is 35.5. The quantitative estimate of drug-likeness (QED) is 0.788. The molecular weight excluding hydrogens is 379 g/mol. The van der Waals surface area contributed by atoms with Crippen LogP contribution in [0.2, 0.25) is 10.0 Å². The lowest BCUT2D eigenvalue weighted by atomic mass is 10.1. The number of rotatable bonds is 5. The van der Waals surface area contributed by atoms with Gasteiger partial charge in [-0.2, -0.15) is 10.1 Å². The first-order chi connectivity index (χ1) is 11.1. The van der Waals surface area contributed by atoms with Crippen molar-refractivity contribution in [1.82, 2.24) is 5.01 Å². The molecule has 1 heterocycles. The Balaban J connectivity index is 2.12. The number of hydrogen-bond donors (Lipinski definition) is 1. The van der Waals surface area contributed by atoms with Crippen molar-refractivity contribution in [3.63, 3.8) is 0 Å². The molecule has 0 spiro atoms. The minimum absolute atomic E-state index is 0.0727. The Morgan fingerprint density at radius 1 is 1.33 bits per heavy atom. The second-order valence-corrected chi connectivity index (χ2v) is 5.63. The molecule has 0 radical (unpaired) electrons. The molecule has 1 aliphatic heterocycles. The van der Waals surface area contributed by atoms with E-state index in [1.807, 2.05) is 0 Å². The lowest BCUT2D eigenvalue weighted by Crippen LogP contribution is -2.52. The van der Waals surface area contributed by atoms with E-state index in [1.54, 1.807) is 0 Å². The van der Waals surface area contributed by atoms with Gasteiger partial charge in [-0.05, 0) is 12.1 Å².